The van der Waals surface area contributed by atoms with Crippen LogP contribution in [0.3, 0.4) is 0 Å². The molecule has 7 heteroatoms. The van der Waals surface area contributed by atoms with E-state index in [0.29, 0.717) is 5.56 Å². The second-order valence-electron chi connectivity index (χ2n) is 2.73. The number of rotatable bonds is 4. The maximum Gasteiger partial charge on any atom is 0.250 e. The highest BCUT2D eigenvalue weighted by Gasteiger charge is 2.17. The van der Waals surface area contributed by atoms with Crippen molar-refractivity contribution in [2.45, 2.75) is 16.0 Å². The van der Waals surface area contributed by atoms with Gasteiger partial charge in [-0.05, 0) is 30.5 Å². The number of aryl methyl sites for hydroxylation is 1. The summed E-state index contributed by atoms with van der Waals surface area (Å²) in [5, 5.41) is 0. The van der Waals surface area contributed by atoms with Gasteiger partial charge in [0.1, 0.15) is 0 Å². The van der Waals surface area contributed by atoms with E-state index in [1.165, 1.54) is 6.07 Å². The van der Waals surface area contributed by atoms with E-state index in [1.54, 1.807) is 25.1 Å². The van der Waals surface area contributed by atoms with Crippen LogP contribution >= 0.6 is 35.1 Å². The molecule has 1 aromatic carbocycles. The molecule has 0 spiro atoms. The van der Waals surface area contributed by atoms with Crippen molar-refractivity contribution < 1.29 is 8.42 Å². The molecule has 0 saturated carbocycles. The van der Waals surface area contributed by atoms with Crippen LogP contribution in [0, 0.1) is 6.92 Å². The van der Waals surface area contributed by atoms with Crippen LogP contribution in [0.1, 0.15) is 5.56 Å². The fraction of sp³-hybridized carbons (Fsp3) is 0.250. The van der Waals surface area contributed by atoms with Crippen molar-refractivity contribution in [1.29, 1.82) is 0 Å². The van der Waals surface area contributed by atoms with Crippen LogP contribution < -0.4 is 4.13 Å². The molecule has 3 nitrogen and oxygen atoms in total. The first kappa shape index (κ1) is 13.1. The molecule has 0 aliphatic carbocycles. The fourth-order valence-corrected chi connectivity index (χ4v) is 3.56. The van der Waals surface area contributed by atoms with Crippen molar-refractivity contribution >= 4 is 45.2 Å². The first-order valence-corrected chi connectivity index (χ1v) is 7.18. The molecule has 84 valence electrons. The molecule has 0 aliphatic heterocycles. The molecule has 0 aliphatic rings. The van der Waals surface area contributed by atoms with Crippen LogP contribution in [0.5, 0.6) is 0 Å². The Balaban J connectivity index is 2.92. The van der Waals surface area contributed by atoms with E-state index in [9.17, 15) is 8.42 Å². The summed E-state index contributed by atoms with van der Waals surface area (Å²) in [5.74, 6) is 0. The molecular weight excluding hydrogens is 277 g/mol. The summed E-state index contributed by atoms with van der Waals surface area (Å²) in [4.78, 5) is 0.228. The lowest BCUT2D eigenvalue weighted by Gasteiger charge is -2.08. The first-order valence-electron chi connectivity index (χ1n) is 3.95. The number of hydrogen-bond donors (Lipinski definition) is 1. The minimum atomic E-state index is -3.54. The minimum absolute atomic E-state index is 0.228. The van der Waals surface area contributed by atoms with Crippen LogP contribution in [0.2, 0.25) is 0 Å². The molecule has 0 amide bonds. The number of alkyl halides is 2. The Morgan fingerprint density at radius 1 is 1.33 bits per heavy atom. The molecule has 0 bridgehead atoms. The quantitative estimate of drug-likeness (QED) is 0.683. The standard InChI is InChI=1S/C8H9Cl2NO2S2/c1-6-4-2-3-5-7(6)15(12,13)11-14-8(9)10/h2-5,8,11H,1H3. The van der Waals surface area contributed by atoms with Crippen molar-refractivity contribution in [3.63, 3.8) is 0 Å². The number of hydrogen-bond acceptors (Lipinski definition) is 3. The number of sulfonamides is 1. The summed E-state index contributed by atoms with van der Waals surface area (Å²) in [6, 6.07) is 6.67. The zero-order valence-electron chi connectivity index (χ0n) is 7.78. The second-order valence-corrected chi connectivity index (χ2v) is 7.17. The lowest BCUT2D eigenvalue weighted by molar-refractivity contribution is 0.594. The highest BCUT2D eigenvalue weighted by atomic mass is 35.5. The second kappa shape index (κ2) is 5.41. The largest absolute Gasteiger partial charge is 0.250 e. The van der Waals surface area contributed by atoms with Crippen LogP contribution in [0.15, 0.2) is 29.2 Å². The number of benzene rings is 1. The number of nitrogens with one attached hydrogen (secondary N) is 1. The van der Waals surface area contributed by atoms with Crippen molar-refractivity contribution in [3.8, 4) is 0 Å². The third kappa shape index (κ3) is 3.85. The predicted molar refractivity (Wildman–Crippen MR) is 64.6 cm³/mol. The van der Waals surface area contributed by atoms with E-state index >= 15 is 0 Å². The number of halogens is 2. The van der Waals surface area contributed by atoms with Crippen LogP contribution in [-0.4, -0.2) is 12.6 Å². The zero-order valence-corrected chi connectivity index (χ0v) is 10.9. The van der Waals surface area contributed by atoms with E-state index in [1.807, 2.05) is 0 Å². The van der Waals surface area contributed by atoms with Gasteiger partial charge in [-0.25, -0.2) is 8.42 Å². The molecule has 1 aromatic rings. The molecule has 1 rings (SSSR count). The summed E-state index contributed by atoms with van der Waals surface area (Å²) in [5.41, 5.74) is 0.672. The van der Waals surface area contributed by atoms with E-state index in [-0.39, 0.29) is 4.90 Å². The van der Waals surface area contributed by atoms with Gasteiger partial charge in [0.2, 0.25) is 10.0 Å². The first-order chi connectivity index (χ1) is 6.93. The van der Waals surface area contributed by atoms with E-state index < -0.39 is 14.2 Å². The third-order valence-corrected chi connectivity index (χ3v) is 4.64. The molecule has 0 saturated heterocycles. The van der Waals surface area contributed by atoms with Gasteiger partial charge < -0.3 is 0 Å². The van der Waals surface area contributed by atoms with Crippen molar-refractivity contribution in [1.82, 2.24) is 4.13 Å². The molecular formula is C8H9Cl2NO2S2. The van der Waals surface area contributed by atoms with Crippen molar-refractivity contribution in [2.24, 2.45) is 0 Å². The van der Waals surface area contributed by atoms with Crippen LogP contribution in [0.25, 0.3) is 0 Å². The Hall–Kier alpha value is 0.0600. The minimum Gasteiger partial charge on any atom is -0.206 e. The Morgan fingerprint density at radius 3 is 2.47 bits per heavy atom. The molecule has 0 atom stereocenters. The highest BCUT2D eigenvalue weighted by Crippen LogP contribution is 2.20. The maximum absolute atomic E-state index is 11.7. The normalized spacial score (nSPS) is 12.0. The average Bonchev–Trinajstić information content (AvgIpc) is 2.15. The lowest BCUT2D eigenvalue weighted by Crippen LogP contribution is -2.18. The molecule has 0 unspecified atom stereocenters. The third-order valence-electron chi connectivity index (χ3n) is 1.63. The SMILES string of the molecule is Cc1ccccc1S(=O)(=O)NSC(Cl)Cl. The summed E-state index contributed by atoms with van der Waals surface area (Å²) >= 11 is 11.6. The smallest absolute Gasteiger partial charge is 0.206 e. The molecule has 0 radical (unpaired) electrons. The van der Waals surface area contributed by atoms with Gasteiger partial charge >= 0.3 is 0 Å². The van der Waals surface area contributed by atoms with Crippen LogP contribution in [-0.2, 0) is 10.0 Å². The highest BCUT2D eigenvalue weighted by molar-refractivity contribution is 8.10. The van der Waals surface area contributed by atoms with Crippen molar-refractivity contribution in [3.05, 3.63) is 29.8 Å². The topological polar surface area (TPSA) is 46.2 Å². The zero-order chi connectivity index (χ0) is 11.5. The van der Waals surface area contributed by atoms with Gasteiger partial charge in [0.05, 0.1) is 4.90 Å². The monoisotopic (exact) mass is 285 g/mol. The van der Waals surface area contributed by atoms with E-state index in [4.69, 9.17) is 23.2 Å². The maximum atomic E-state index is 11.7. The molecule has 0 aromatic heterocycles. The van der Waals surface area contributed by atoms with E-state index in [2.05, 4.69) is 4.13 Å². The van der Waals surface area contributed by atoms with Gasteiger partial charge in [-0.2, -0.15) is 4.13 Å². The summed E-state index contributed by atoms with van der Waals surface area (Å²) in [7, 11) is -3.54. The Kier molecular flexibility index (Phi) is 4.73. The van der Waals surface area contributed by atoms with Gasteiger partial charge in [0, 0.05) is 0 Å². The van der Waals surface area contributed by atoms with Gasteiger partial charge in [-0.3, -0.25) is 0 Å². The Labute approximate surface area is 103 Å². The lowest BCUT2D eigenvalue weighted by atomic mass is 10.2. The van der Waals surface area contributed by atoms with Gasteiger partial charge in [0.25, 0.3) is 0 Å². The van der Waals surface area contributed by atoms with Gasteiger partial charge in [-0.1, -0.05) is 41.4 Å². The molecule has 15 heavy (non-hydrogen) atoms. The summed E-state index contributed by atoms with van der Waals surface area (Å²) < 4.78 is 24.8. The summed E-state index contributed by atoms with van der Waals surface area (Å²) in [6.45, 7) is 1.72. The molecule has 0 heterocycles. The summed E-state index contributed by atoms with van der Waals surface area (Å²) in [6.07, 6.45) is 0. The van der Waals surface area contributed by atoms with Gasteiger partial charge in [-0.15, -0.1) is 0 Å². The fourth-order valence-electron chi connectivity index (χ4n) is 1.00. The molecule has 0 fully saturated rings. The Morgan fingerprint density at radius 2 is 1.93 bits per heavy atom. The van der Waals surface area contributed by atoms with Crippen molar-refractivity contribution in [2.75, 3.05) is 0 Å². The predicted octanol–water partition coefficient (Wildman–Crippen LogP) is 2.68. The van der Waals surface area contributed by atoms with Crippen LogP contribution in [0.4, 0.5) is 0 Å². The van der Waals surface area contributed by atoms with E-state index in [0.717, 1.165) is 11.9 Å². The molecule has 1 N–H and O–H groups in total. The Bertz CT molecular complexity index is 434. The van der Waals surface area contributed by atoms with Gasteiger partial charge in [0.15, 0.2) is 4.17 Å². The average molecular weight is 286 g/mol.